The van der Waals surface area contributed by atoms with E-state index in [9.17, 15) is 0 Å². The maximum atomic E-state index is 6.11. The molecule has 2 rings (SSSR count). The second kappa shape index (κ2) is 6.30. The Morgan fingerprint density at radius 2 is 1.80 bits per heavy atom. The highest BCUT2D eigenvalue weighted by atomic mass is 16.5. The van der Waals surface area contributed by atoms with Crippen molar-refractivity contribution in [3.63, 3.8) is 0 Å². The Morgan fingerprint density at radius 3 is 2.30 bits per heavy atom. The SMILES string of the molecule is CC(C)(C)C1COC(CC(C)(C)C2CNCCO2)CN1. The van der Waals surface area contributed by atoms with Gasteiger partial charge in [-0.25, -0.2) is 0 Å². The van der Waals surface area contributed by atoms with Crippen LogP contribution >= 0.6 is 0 Å². The Morgan fingerprint density at radius 1 is 1.05 bits per heavy atom. The van der Waals surface area contributed by atoms with Crippen LogP contribution in [-0.4, -0.2) is 51.1 Å². The number of ether oxygens (including phenoxy) is 2. The van der Waals surface area contributed by atoms with Crippen LogP contribution in [0.4, 0.5) is 0 Å². The molecule has 0 aromatic carbocycles. The summed E-state index contributed by atoms with van der Waals surface area (Å²) in [5.74, 6) is 0. The van der Waals surface area contributed by atoms with Gasteiger partial charge in [0, 0.05) is 25.7 Å². The molecule has 4 heteroatoms. The van der Waals surface area contributed by atoms with Gasteiger partial charge in [0.2, 0.25) is 0 Å². The molecule has 118 valence electrons. The molecule has 3 unspecified atom stereocenters. The smallest absolute Gasteiger partial charge is 0.0751 e. The van der Waals surface area contributed by atoms with Gasteiger partial charge < -0.3 is 20.1 Å². The minimum Gasteiger partial charge on any atom is -0.375 e. The van der Waals surface area contributed by atoms with Crippen LogP contribution in [0.5, 0.6) is 0 Å². The predicted molar refractivity (Wildman–Crippen MR) is 82.0 cm³/mol. The molecule has 0 aromatic rings. The highest BCUT2D eigenvalue weighted by Gasteiger charge is 2.37. The number of nitrogens with one attached hydrogen (secondary N) is 2. The van der Waals surface area contributed by atoms with Crippen molar-refractivity contribution in [1.29, 1.82) is 0 Å². The zero-order valence-corrected chi connectivity index (χ0v) is 13.8. The fourth-order valence-electron chi connectivity index (χ4n) is 3.10. The zero-order chi connectivity index (χ0) is 14.8. The minimum absolute atomic E-state index is 0.147. The molecule has 0 aromatic heterocycles. The van der Waals surface area contributed by atoms with Crippen molar-refractivity contribution in [2.75, 3.05) is 32.8 Å². The summed E-state index contributed by atoms with van der Waals surface area (Å²) in [5, 5.41) is 7.08. The first-order chi connectivity index (χ1) is 9.29. The lowest BCUT2D eigenvalue weighted by Gasteiger charge is -2.43. The number of morpholine rings is 2. The quantitative estimate of drug-likeness (QED) is 0.829. The third-order valence-corrected chi connectivity index (χ3v) is 4.69. The molecule has 0 radical (unpaired) electrons. The summed E-state index contributed by atoms with van der Waals surface area (Å²) in [6, 6.07) is 0.453. The molecule has 0 spiro atoms. The second-order valence-electron chi connectivity index (χ2n) is 8.04. The third kappa shape index (κ3) is 4.17. The molecule has 0 aliphatic carbocycles. The summed E-state index contributed by atoms with van der Waals surface area (Å²) in [7, 11) is 0. The van der Waals surface area contributed by atoms with E-state index in [-0.39, 0.29) is 10.8 Å². The average molecular weight is 284 g/mol. The highest BCUT2D eigenvalue weighted by Crippen LogP contribution is 2.32. The van der Waals surface area contributed by atoms with Crippen LogP contribution in [0.2, 0.25) is 0 Å². The van der Waals surface area contributed by atoms with E-state index in [0.717, 1.165) is 39.3 Å². The van der Waals surface area contributed by atoms with E-state index >= 15 is 0 Å². The summed E-state index contributed by atoms with van der Waals surface area (Å²) >= 11 is 0. The number of rotatable bonds is 3. The van der Waals surface area contributed by atoms with Crippen LogP contribution in [-0.2, 0) is 9.47 Å². The maximum absolute atomic E-state index is 6.11. The van der Waals surface area contributed by atoms with Crippen LogP contribution in [0.25, 0.3) is 0 Å². The maximum Gasteiger partial charge on any atom is 0.0751 e. The minimum atomic E-state index is 0.147. The number of hydrogen-bond acceptors (Lipinski definition) is 4. The van der Waals surface area contributed by atoms with E-state index in [1.165, 1.54) is 0 Å². The van der Waals surface area contributed by atoms with Gasteiger partial charge in [-0.05, 0) is 17.3 Å². The summed E-state index contributed by atoms with van der Waals surface area (Å²) in [6.07, 6.45) is 1.64. The van der Waals surface area contributed by atoms with Crippen LogP contribution in [0, 0.1) is 10.8 Å². The molecule has 2 heterocycles. The van der Waals surface area contributed by atoms with Gasteiger partial charge in [0.1, 0.15) is 0 Å². The lowest BCUT2D eigenvalue weighted by Crippen LogP contribution is -2.54. The van der Waals surface area contributed by atoms with E-state index in [1.54, 1.807) is 0 Å². The van der Waals surface area contributed by atoms with Crippen molar-refractivity contribution >= 4 is 0 Å². The van der Waals surface area contributed by atoms with E-state index in [4.69, 9.17) is 9.47 Å². The van der Waals surface area contributed by atoms with Crippen molar-refractivity contribution < 1.29 is 9.47 Å². The van der Waals surface area contributed by atoms with Crippen molar-refractivity contribution in [1.82, 2.24) is 10.6 Å². The van der Waals surface area contributed by atoms with Crippen LogP contribution < -0.4 is 10.6 Å². The van der Waals surface area contributed by atoms with Crippen LogP contribution in [0.1, 0.15) is 41.0 Å². The molecule has 20 heavy (non-hydrogen) atoms. The third-order valence-electron chi connectivity index (χ3n) is 4.69. The molecule has 2 aliphatic rings. The van der Waals surface area contributed by atoms with Crippen LogP contribution in [0.3, 0.4) is 0 Å². The van der Waals surface area contributed by atoms with Gasteiger partial charge >= 0.3 is 0 Å². The fourth-order valence-corrected chi connectivity index (χ4v) is 3.10. The molecule has 2 saturated heterocycles. The lowest BCUT2D eigenvalue weighted by atomic mass is 9.79. The van der Waals surface area contributed by atoms with Gasteiger partial charge in [-0.2, -0.15) is 0 Å². The van der Waals surface area contributed by atoms with Crippen molar-refractivity contribution in [2.24, 2.45) is 10.8 Å². The molecule has 0 bridgehead atoms. The molecule has 2 fully saturated rings. The Labute approximate surface area is 124 Å². The molecule has 2 aliphatic heterocycles. The normalized spacial score (nSPS) is 33.1. The number of hydrogen-bond donors (Lipinski definition) is 2. The highest BCUT2D eigenvalue weighted by molar-refractivity contribution is 4.90. The van der Waals surface area contributed by atoms with Crippen LogP contribution in [0.15, 0.2) is 0 Å². The molecule has 4 nitrogen and oxygen atoms in total. The zero-order valence-electron chi connectivity index (χ0n) is 13.8. The molecular weight excluding hydrogens is 252 g/mol. The summed E-state index contributed by atoms with van der Waals surface area (Å²) in [6.45, 7) is 15.9. The second-order valence-corrected chi connectivity index (χ2v) is 8.04. The first-order valence-corrected chi connectivity index (χ1v) is 7.96. The van der Waals surface area contributed by atoms with E-state index in [2.05, 4.69) is 45.3 Å². The van der Waals surface area contributed by atoms with Crippen molar-refractivity contribution in [3.8, 4) is 0 Å². The predicted octanol–water partition coefficient (Wildman–Crippen LogP) is 1.79. The Hall–Kier alpha value is -0.160. The Bertz CT molecular complexity index is 298. The molecule has 2 N–H and O–H groups in total. The Balaban J connectivity index is 1.82. The van der Waals surface area contributed by atoms with Gasteiger partial charge in [-0.1, -0.05) is 34.6 Å². The summed E-state index contributed by atoms with van der Waals surface area (Å²) in [4.78, 5) is 0. The Kier molecular flexibility index (Phi) is 5.11. The molecule has 0 amide bonds. The first-order valence-electron chi connectivity index (χ1n) is 7.96. The topological polar surface area (TPSA) is 42.5 Å². The van der Waals surface area contributed by atoms with E-state index in [1.807, 2.05) is 0 Å². The first kappa shape index (κ1) is 16.2. The molecular formula is C16H32N2O2. The van der Waals surface area contributed by atoms with Gasteiger partial charge in [0.05, 0.1) is 25.4 Å². The van der Waals surface area contributed by atoms with Crippen molar-refractivity contribution in [3.05, 3.63) is 0 Å². The van der Waals surface area contributed by atoms with Gasteiger partial charge in [0.15, 0.2) is 0 Å². The van der Waals surface area contributed by atoms with Gasteiger partial charge in [-0.15, -0.1) is 0 Å². The molecule has 3 atom stereocenters. The summed E-state index contributed by atoms with van der Waals surface area (Å²) in [5.41, 5.74) is 0.408. The monoisotopic (exact) mass is 284 g/mol. The fraction of sp³-hybridized carbons (Fsp3) is 1.00. The van der Waals surface area contributed by atoms with Crippen molar-refractivity contribution in [2.45, 2.75) is 59.3 Å². The standard InChI is InChI=1S/C16H32N2O2/c1-15(2,3)13-11-20-12(9-18-13)8-16(4,5)14-10-17-6-7-19-14/h12-14,17-18H,6-11H2,1-5H3. The average Bonchev–Trinajstić information content (AvgIpc) is 2.39. The van der Waals surface area contributed by atoms with Gasteiger partial charge in [0.25, 0.3) is 0 Å². The van der Waals surface area contributed by atoms with Gasteiger partial charge in [-0.3, -0.25) is 0 Å². The lowest BCUT2D eigenvalue weighted by molar-refractivity contribution is -0.0865. The molecule has 0 saturated carbocycles. The largest absolute Gasteiger partial charge is 0.375 e. The van der Waals surface area contributed by atoms with E-state index < -0.39 is 0 Å². The summed E-state index contributed by atoms with van der Waals surface area (Å²) < 4.78 is 12.0. The van der Waals surface area contributed by atoms with E-state index in [0.29, 0.717) is 18.2 Å².